The van der Waals surface area contributed by atoms with E-state index < -0.39 is 6.10 Å². The number of aromatic nitrogens is 3. The van der Waals surface area contributed by atoms with Gasteiger partial charge in [-0.2, -0.15) is 5.10 Å². The number of carbonyl (C=O) groups is 1. The monoisotopic (exact) mass is 303 g/mol. The second kappa shape index (κ2) is 5.63. The predicted octanol–water partition coefficient (Wildman–Crippen LogP) is 1.64. The highest BCUT2D eigenvalue weighted by Gasteiger charge is 2.30. The number of nitrogens with zero attached hydrogens (tertiary/aromatic N) is 4. The van der Waals surface area contributed by atoms with Crippen molar-refractivity contribution >= 4 is 17.4 Å². The van der Waals surface area contributed by atoms with Crippen molar-refractivity contribution in [2.24, 2.45) is 5.16 Å². The van der Waals surface area contributed by atoms with E-state index in [1.807, 2.05) is 18.5 Å². The van der Waals surface area contributed by atoms with Gasteiger partial charge in [0.05, 0.1) is 11.9 Å². The second-order valence-electron chi connectivity index (χ2n) is 5.11. The van der Waals surface area contributed by atoms with Gasteiger partial charge in [-0.1, -0.05) is 10.3 Å². The summed E-state index contributed by atoms with van der Waals surface area (Å²) < 4.78 is 6.78. The Hall–Kier alpha value is -2.64. The van der Waals surface area contributed by atoms with Crippen molar-refractivity contribution in [3.8, 4) is 0 Å². The number of carbonyl (C=O) groups excluding carboxylic acids is 1. The molecule has 0 spiro atoms. The summed E-state index contributed by atoms with van der Waals surface area (Å²) in [4.78, 5) is 17.4. The highest BCUT2D eigenvalue weighted by atomic mass is 16.6. The lowest BCUT2D eigenvalue weighted by molar-refractivity contribution is -0.125. The van der Waals surface area contributed by atoms with E-state index in [1.165, 1.54) is 0 Å². The van der Waals surface area contributed by atoms with Gasteiger partial charge in [0.2, 0.25) is 6.10 Å². The minimum atomic E-state index is -0.670. The molecule has 0 bridgehead atoms. The van der Waals surface area contributed by atoms with Gasteiger partial charge in [0.1, 0.15) is 5.76 Å². The molecule has 2 aromatic heterocycles. The summed E-state index contributed by atoms with van der Waals surface area (Å²) in [6.07, 6.45) is 1.48. The van der Waals surface area contributed by atoms with Gasteiger partial charge in [-0.25, -0.2) is 0 Å². The summed E-state index contributed by atoms with van der Waals surface area (Å²) in [5, 5.41) is 14.7. The molecule has 22 heavy (non-hydrogen) atoms. The smallest absolute Gasteiger partial charge is 0.269 e. The average Bonchev–Trinajstić information content (AvgIpc) is 3.19. The zero-order chi connectivity index (χ0) is 15.7. The first-order valence-corrected chi connectivity index (χ1v) is 7.08. The second-order valence-corrected chi connectivity index (χ2v) is 5.11. The van der Waals surface area contributed by atoms with Crippen LogP contribution in [0.5, 0.6) is 0 Å². The third-order valence-electron chi connectivity index (χ3n) is 3.55. The Morgan fingerprint density at radius 2 is 2.32 bits per heavy atom. The third kappa shape index (κ3) is 2.59. The van der Waals surface area contributed by atoms with Gasteiger partial charge in [-0.3, -0.25) is 9.48 Å². The number of nitrogens with one attached hydrogen (secondary N) is 1. The molecule has 0 saturated carbocycles. The fourth-order valence-electron chi connectivity index (χ4n) is 2.36. The lowest BCUT2D eigenvalue weighted by Crippen LogP contribution is -2.28. The number of anilines is 1. The van der Waals surface area contributed by atoms with Gasteiger partial charge in [-0.15, -0.1) is 0 Å². The van der Waals surface area contributed by atoms with Crippen LogP contribution in [0.4, 0.5) is 5.82 Å². The standard InChI is InChI=1S/C14H17N5O3/c1-4-19-9(3)10(7-15-19)11-6-12(22-17-11)14(20)16-13-5-8(2)21-18-13/h5,7,12H,4,6H2,1-3H3,(H,16,18,20)/t12-/m0/s1. The van der Waals surface area contributed by atoms with Crippen LogP contribution < -0.4 is 5.32 Å². The predicted molar refractivity (Wildman–Crippen MR) is 78.5 cm³/mol. The normalized spacial score (nSPS) is 17.2. The molecule has 0 unspecified atom stereocenters. The minimum absolute atomic E-state index is 0.299. The van der Waals surface area contributed by atoms with Gasteiger partial charge in [0.25, 0.3) is 5.91 Å². The van der Waals surface area contributed by atoms with Crippen molar-refractivity contribution in [3.63, 3.8) is 0 Å². The molecule has 2 aromatic rings. The summed E-state index contributed by atoms with van der Waals surface area (Å²) in [5.41, 5.74) is 2.65. The van der Waals surface area contributed by atoms with Crippen LogP contribution in [0.15, 0.2) is 21.9 Å². The molecular weight excluding hydrogens is 286 g/mol. The van der Waals surface area contributed by atoms with Crippen LogP contribution in [0, 0.1) is 13.8 Å². The summed E-state index contributed by atoms with van der Waals surface area (Å²) in [5.74, 6) is 0.698. The van der Waals surface area contributed by atoms with Crippen molar-refractivity contribution in [2.45, 2.75) is 39.8 Å². The van der Waals surface area contributed by atoms with Gasteiger partial charge in [0.15, 0.2) is 5.82 Å². The maximum atomic E-state index is 12.1. The van der Waals surface area contributed by atoms with Crippen LogP contribution in [-0.4, -0.2) is 32.7 Å². The molecule has 8 nitrogen and oxygen atoms in total. The first-order chi connectivity index (χ1) is 10.6. The SMILES string of the molecule is CCn1ncc(C2=NO[C@H](C(=O)Nc3cc(C)on3)C2)c1C. The largest absolute Gasteiger partial charge is 0.382 e. The average molecular weight is 303 g/mol. The number of hydrogen-bond donors (Lipinski definition) is 1. The summed E-state index contributed by atoms with van der Waals surface area (Å²) in [6, 6.07) is 1.64. The molecule has 3 rings (SSSR count). The molecule has 1 atom stereocenters. The Balaban J connectivity index is 1.66. The molecule has 0 fully saturated rings. The van der Waals surface area contributed by atoms with Crippen LogP contribution in [0.1, 0.15) is 30.4 Å². The van der Waals surface area contributed by atoms with E-state index in [4.69, 9.17) is 9.36 Å². The van der Waals surface area contributed by atoms with Crippen molar-refractivity contribution in [2.75, 3.05) is 5.32 Å². The van der Waals surface area contributed by atoms with Crippen molar-refractivity contribution in [1.29, 1.82) is 0 Å². The summed E-state index contributed by atoms with van der Waals surface area (Å²) in [7, 11) is 0. The summed E-state index contributed by atoms with van der Waals surface area (Å²) in [6.45, 7) is 6.53. The highest BCUT2D eigenvalue weighted by molar-refractivity contribution is 6.06. The van der Waals surface area contributed by atoms with E-state index in [9.17, 15) is 4.79 Å². The van der Waals surface area contributed by atoms with Crippen molar-refractivity contribution in [3.05, 3.63) is 29.3 Å². The number of oxime groups is 1. The van der Waals surface area contributed by atoms with Crippen LogP contribution in [-0.2, 0) is 16.2 Å². The van der Waals surface area contributed by atoms with Crippen LogP contribution >= 0.6 is 0 Å². The fourth-order valence-corrected chi connectivity index (χ4v) is 2.36. The fraction of sp³-hybridized carbons (Fsp3) is 0.429. The van der Waals surface area contributed by atoms with E-state index >= 15 is 0 Å². The lowest BCUT2D eigenvalue weighted by Gasteiger charge is -2.06. The van der Waals surface area contributed by atoms with E-state index in [2.05, 4.69) is 20.7 Å². The molecule has 116 valence electrons. The molecule has 1 aliphatic heterocycles. The molecule has 1 amide bonds. The van der Waals surface area contributed by atoms with Crippen LogP contribution in [0.25, 0.3) is 0 Å². The molecule has 0 saturated heterocycles. The zero-order valence-corrected chi connectivity index (χ0v) is 12.7. The van der Waals surface area contributed by atoms with Crippen LogP contribution in [0.3, 0.4) is 0 Å². The molecule has 1 aliphatic rings. The molecule has 3 heterocycles. The third-order valence-corrected chi connectivity index (χ3v) is 3.55. The number of amides is 1. The molecule has 0 radical (unpaired) electrons. The number of hydrogen-bond acceptors (Lipinski definition) is 6. The Labute approximate surface area is 127 Å². The first-order valence-electron chi connectivity index (χ1n) is 7.08. The van der Waals surface area contributed by atoms with Crippen LogP contribution in [0.2, 0.25) is 0 Å². The number of aryl methyl sites for hydroxylation is 2. The van der Waals surface area contributed by atoms with Gasteiger partial charge in [-0.05, 0) is 20.8 Å². The highest BCUT2D eigenvalue weighted by Crippen LogP contribution is 2.20. The molecule has 8 heteroatoms. The first kappa shape index (κ1) is 14.3. The van der Waals surface area contributed by atoms with Gasteiger partial charge in [0, 0.05) is 30.3 Å². The van der Waals surface area contributed by atoms with E-state index in [1.54, 1.807) is 19.2 Å². The van der Waals surface area contributed by atoms with E-state index in [0.29, 0.717) is 18.0 Å². The summed E-state index contributed by atoms with van der Waals surface area (Å²) >= 11 is 0. The zero-order valence-electron chi connectivity index (χ0n) is 12.7. The Bertz CT molecular complexity index is 731. The van der Waals surface area contributed by atoms with E-state index in [-0.39, 0.29) is 5.91 Å². The maximum absolute atomic E-state index is 12.1. The topological polar surface area (TPSA) is 94.5 Å². The molecular formula is C14H17N5O3. The quantitative estimate of drug-likeness (QED) is 0.926. The Morgan fingerprint density at radius 3 is 2.95 bits per heavy atom. The van der Waals surface area contributed by atoms with Crippen molar-refractivity contribution in [1.82, 2.24) is 14.9 Å². The van der Waals surface area contributed by atoms with Crippen molar-refractivity contribution < 1.29 is 14.2 Å². The molecule has 1 N–H and O–H groups in total. The number of rotatable bonds is 4. The van der Waals surface area contributed by atoms with Gasteiger partial charge >= 0.3 is 0 Å². The maximum Gasteiger partial charge on any atom is 0.269 e. The Kier molecular flexibility index (Phi) is 3.66. The van der Waals surface area contributed by atoms with Gasteiger partial charge < -0.3 is 14.7 Å². The molecule has 0 aromatic carbocycles. The Morgan fingerprint density at radius 1 is 1.50 bits per heavy atom. The van der Waals surface area contributed by atoms with E-state index in [0.717, 1.165) is 23.5 Å². The minimum Gasteiger partial charge on any atom is -0.382 e. The lowest BCUT2D eigenvalue weighted by atomic mass is 10.1. The molecule has 0 aliphatic carbocycles.